The lowest BCUT2D eigenvalue weighted by Gasteiger charge is -2.20. The minimum Gasteiger partial charge on any atom is -0.508 e. The summed E-state index contributed by atoms with van der Waals surface area (Å²) in [6, 6.07) is 3.14. The Morgan fingerprint density at radius 2 is 1.94 bits per heavy atom. The van der Waals surface area contributed by atoms with Crippen LogP contribution in [0.3, 0.4) is 0 Å². The second-order valence-corrected chi connectivity index (χ2v) is 4.55. The lowest BCUT2D eigenvalue weighted by molar-refractivity contribution is -0.141. The van der Waals surface area contributed by atoms with Crippen LogP contribution in [0, 0.1) is 0 Å². The van der Waals surface area contributed by atoms with E-state index in [0.29, 0.717) is 12.8 Å². The minimum absolute atomic E-state index is 0.278. The molecule has 1 aliphatic rings. The van der Waals surface area contributed by atoms with Gasteiger partial charge in [-0.1, -0.05) is 6.07 Å². The Labute approximate surface area is 101 Å². The van der Waals surface area contributed by atoms with Crippen LogP contribution < -0.4 is 0 Å². The molecule has 1 aromatic rings. The van der Waals surface area contributed by atoms with Crippen LogP contribution in [0.1, 0.15) is 30.4 Å². The first-order valence-electron chi connectivity index (χ1n) is 5.38. The maximum Gasteiger partial charge on any atom is 0.416 e. The van der Waals surface area contributed by atoms with Crippen molar-refractivity contribution in [3.8, 4) is 5.75 Å². The summed E-state index contributed by atoms with van der Waals surface area (Å²) >= 11 is 0. The molecule has 2 rings (SSSR count). The number of alkyl halides is 3. The fourth-order valence-corrected chi connectivity index (χ4v) is 2.29. The van der Waals surface area contributed by atoms with Crippen molar-refractivity contribution < 1.29 is 28.2 Å². The van der Waals surface area contributed by atoms with Gasteiger partial charge >= 0.3 is 12.1 Å². The lowest BCUT2D eigenvalue weighted by atomic mass is 9.87. The van der Waals surface area contributed by atoms with E-state index in [9.17, 15) is 23.1 Å². The number of carboxylic acid groups (broad SMARTS) is 1. The SMILES string of the molecule is O=C(O)CC1(c2c(O)cccc2C(F)(F)F)CC1. The summed E-state index contributed by atoms with van der Waals surface area (Å²) in [4.78, 5) is 10.7. The molecule has 1 saturated carbocycles. The van der Waals surface area contributed by atoms with Crippen molar-refractivity contribution in [2.75, 3.05) is 0 Å². The molecule has 0 saturated heterocycles. The van der Waals surface area contributed by atoms with Crippen LogP contribution in [0.15, 0.2) is 18.2 Å². The van der Waals surface area contributed by atoms with Gasteiger partial charge in [0.25, 0.3) is 0 Å². The summed E-state index contributed by atoms with van der Waals surface area (Å²) < 4.78 is 38.6. The molecule has 0 spiro atoms. The van der Waals surface area contributed by atoms with E-state index in [1.165, 1.54) is 0 Å². The lowest BCUT2D eigenvalue weighted by Crippen LogP contribution is -2.19. The van der Waals surface area contributed by atoms with Crippen molar-refractivity contribution in [3.05, 3.63) is 29.3 Å². The number of aromatic hydroxyl groups is 1. The molecular formula is C12H11F3O3. The number of hydrogen-bond donors (Lipinski definition) is 2. The summed E-state index contributed by atoms with van der Waals surface area (Å²) in [6.07, 6.45) is -4.30. The number of carboxylic acids is 1. The first-order valence-corrected chi connectivity index (χ1v) is 5.38. The van der Waals surface area contributed by atoms with E-state index in [2.05, 4.69) is 0 Å². The van der Waals surface area contributed by atoms with Gasteiger partial charge < -0.3 is 10.2 Å². The van der Waals surface area contributed by atoms with Crippen molar-refractivity contribution in [2.24, 2.45) is 0 Å². The Morgan fingerprint density at radius 1 is 1.33 bits per heavy atom. The molecule has 1 fully saturated rings. The van der Waals surface area contributed by atoms with Crippen LogP contribution in [0.2, 0.25) is 0 Å². The van der Waals surface area contributed by atoms with E-state index in [0.717, 1.165) is 18.2 Å². The van der Waals surface area contributed by atoms with Crippen LogP contribution in [0.4, 0.5) is 13.2 Å². The highest BCUT2D eigenvalue weighted by molar-refractivity contribution is 5.71. The number of carbonyl (C=O) groups is 1. The average molecular weight is 260 g/mol. The molecule has 1 aromatic carbocycles. The minimum atomic E-state index is -4.60. The van der Waals surface area contributed by atoms with Crippen molar-refractivity contribution >= 4 is 5.97 Å². The molecule has 98 valence electrons. The summed E-state index contributed by atoms with van der Waals surface area (Å²) in [6.45, 7) is 0. The van der Waals surface area contributed by atoms with Gasteiger partial charge in [0.2, 0.25) is 0 Å². The molecule has 3 nitrogen and oxygen atoms in total. The highest BCUT2D eigenvalue weighted by Gasteiger charge is 2.52. The zero-order valence-corrected chi connectivity index (χ0v) is 9.29. The van der Waals surface area contributed by atoms with Crippen molar-refractivity contribution in [2.45, 2.75) is 30.9 Å². The van der Waals surface area contributed by atoms with E-state index in [1.807, 2.05) is 0 Å². The molecule has 0 radical (unpaired) electrons. The molecule has 0 aliphatic heterocycles. The number of hydrogen-bond acceptors (Lipinski definition) is 2. The number of benzene rings is 1. The summed E-state index contributed by atoms with van der Waals surface area (Å²) in [5.41, 5.74) is -2.29. The van der Waals surface area contributed by atoms with E-state index >= 15 is 0 Å². The van der Waals surface area contributed by atoms with Crippen LogP contribution >= 0.6 is 0 Å². The molecule has 0 amide bonds. The van der Waals surface area contributed by atoms with Crippen LogP contribution in [-0.4, -0.2) is 16.2 Å². The largest absolute Gasteiger partial charge is 0.508 e. The van der Waals surface area contributed by atoms with Gasteiger partial charge in [-0.3, -0.25) is 4.79 Å². The third-order valence-corrected chi connectivity index (χ3v) is 3.22. The maximum atomic E-state index is 12.9. The van der Waals surface area contributed by atoms with Gasteiger partial charge in [-0.2, -0.15) is 13.2 Å². The van der Waals surface area contributed by atoms with Gasteiger partial charge in [-0.05, 0) is 25.0 Å². The quantitative estimate of drug-likeness (QED) is 0.878. The molecule has 0 bridgehead atoms. The van der Waals surface area contributed by atoms with Gasteiger partial charge in [0.15, 0.2) is 0 Å². The molecular weight excluding hydrogens is 249 g/mol. The van der Waals surface area contributed by atoms with Gasteiger partial charge in [0.1, 0.15) is 5.75 Å². The zero-order valence-electron chi connectivity index (χ0n) is 9.29. The number of phenolic OH excluding ortho intramolecular Hbond substituents is 1. The smallest absolute Gasteiger partial charge is 0.416 e. The van der Waals surface area contributed by atoms with E-state index in [-0.39, 0.29) is 5.56 Å². The van der Waals surface area contributed by atoms with E-state index in [4.69, 9.17) is 5.11 Å². The summed E-state index contributed by atoms with van der Waals surface area (Å²) in [5, 5.41) is 18.4. The van der Waals surface area contributed by atoms with Crippen LogP contribution in [0.5, 0.6) is 5.75 Å². The molecule has 0 heterocycles. The maximum absolute atomic E-state index is 12.9. The van der Waals surface area contributed by atoms with Crippen molar-refractivity contribution in [1.29, 1.82) is 0 Å². The Bertz CT molecular complexity index is 490. The van der Waals surface area contributed by atoms with Crippen LogP contribution in [0.25, 0.3) is 0 Å². The van der Waals surface area contributed by atoms with Crippen LogP contribution in [-0.2, 0) is 16.4 Å². The Hall–Kier alpha value is -1.72. The third-order valence-electron chi connectivity index (χ3n) is 3.22. The van der Waals surface area contributed by atoms with Gasteiger partial charge in [0.05, 0.1) is 12.0 Å². The van der Waals surface area contributed by atoms with Gasteiger partial charge in [-0.15, -0.1) is 0 Å². The molecule has 18 heavy (non-hydrogen) atoms. The Kier molecular flexibility index (Phi) is 2.76. The normalized spacial score (nSPS) is 17.5. The molecule has 0 aromatic heterocycles. The zero-order chi connectivity index (χ0) is 13.6. The second-order valence-electron chi connectivity index (χ2n) is 4.55. The first kappa shape index (κ1) is 12.7. The molecule has 6 heteroatoms. The predicted molar refractivity (Wildman–Crippen MR) is 56.3 cm³/mol. The predicted octanol–water partition coefficient (Wildman–Crippen LogP) is 2.92. The number of rotatable bonds is 3. The fourth-order valence-electron chi connectivity index (χ4n) is 2.29. The molecule has 1 aliphatic carbocycles. The third kappa shape index (κ3) is 2.14. The first-order chi connectivity index (χ1) is 8.26. The Morgan fingerprint density at radius 3 is 2.39 bits per heavy atom. The van der Waals surface area contributed by atoms with Gasteiger partial charge in [-0.25, -0.2) is 0 Å². The highest BCUT2D eigenvalue weighted by atomic mass is 19.4. The van der Waals surface area contributed by atoms with E-state index < -0.39 is 35.3 Å². The van der Waals surface area contributed by atoms with Gasteiger partial charge in [0, 0.05) is 11.0 Å². The number of aliphatic carboxylic acids is 1. The number of halogens is 3. The Balaban J connectivity index is 2.53. The second kappa shape index (κ2) is 3.90. The number of phenols is 1. The summed E-state index contributed by atoms with van der Waals surface area (Å²) in [5.74, 6) is -1.65. The monoisotopic (exact) mass is 260 g/mol. The topological polar surface area (TPSA) is 57.5 Å². The molecule has 0 atom stereocenters. The summed E-state index contributed by atoms with van der Waals surface area (Å²) in [7, 11) is 0. The van der Waals surface area contributed by atoms with E-state index in [1.54, 1.807) is 0 Å². The van der Waals surface area contributed by atoms with Crippen molar-refractivity contribution in [3.63, 3.8) is 0 Å². The molecule has 2 N–H and O–H groups in total. The van der Waals surface area contributed by atoms with Crippen molar-refractivity contribution in [1.82, 2.24) is 0 Å². The average Bonchev–Trinajstić information content (AvgIpc) is 2.95. The standard InChI is InChI=1S/C12H11F3O3/c13-12(14,15)7-2-1-3-8(16)10(7)11(4-5-11)6-9(17)18/h1-3,16H,4-6H2,(H,17,18). The molecule has 0 unspecified atom stereocenters. The highest BCUT2D eigenvalue weighted by Crippen LogP contribution is 2.56. The fraction of sp³-hybridized carbons (Fsp3) is 0.417.